The number of alkyl halides is 1. The molecule has 0 saturated carbocycles. The van der Waals surface area contributed by atoms with Gasteiger partial charge in [0.05, 0.1) is 19.5 Å². The molecule has 1 aromatic rings. The van der Waals surface area contributed by atoms with Gasteiger partial charge in [0.2, 0.25) is 0 Å². The van der Waals surface area contributed by atoms with Crippen LogP contribution in [0.25, 0.3) is 0 Å². The molecule has 0 aliphatic carbocycles. The maximum atomic E-state index is 11.3. The lowest BCUT2D eigenvalue weighted by molar-refractivity contribution is -0.115. The number of hydrogen-bond acceptors (Lipinski definition) is 3. The van der Waals surface area contributed by atoms with Crippen molar-refractivity contribution in [3.8, 4) is 11.5 Å². The van der Waals surface area contributed by atoms with Crippen molar-refractivity contribution in [1.82, 2.24) is 0 Å². The van der Waals surface area contributed by atoms with E-state index in [-0.39, 0.29) is 5.78 Å². The van der Waals surface area contributed by atoms with Gasteiger partial charge in [-0.3, -0.25) is 4.79 Å². The summed E-state index contributed by atoms with van der Waals surface area (Å²) < 4.78 is 10.3. The molecule has 0 N–H and O–H groups in total. The van der Waals surface area contributed by atoms with E-state index < -0.39 is 0 Å². The second-order valence-corrected chi connectivity index (χ2v) is 3.59. The first-order valence-electron chi connectivity index (χ1n) is 4.49. The SMILES string of the molecule is COc1ccc(OC)c(CC(=O)CBr)c1. The number of benzene rings is 1. The monoisotopic (exact) mass is 272 g/mol. The Balaban J connectivity index is 2.95. The Hall–Kier alpha value is -1.03. The lowest BCUT2D eigenvalue weighted by atomic mass is 10.1. The van der Waals surface area contributed by atoms with Gasteiger partial charge in [-0.1, -0.05) is 15.9 Å². The standard InChI is InChI=1S/C11H13BrO3/c1-14-10-3-4-11(15-2)8(6-10)5-9(13)7-12/h3-4,6H,5,7H2,1-2H3. The Kier molecular flexibility index (Phi) is 4.62. The minimum absolute atomic E-state index is 0.113. The lowest BCUT2D eigenvalue weighted by Gasteiger charge is -2.09. The van der Waals surface area contributed by atoms with Gasteiger partial charge in [-0.25, -0.2) is 0 Å². The van der Waals surface area contributed by atoms with Gasteiger partial charge in [-0.2, -0.15) is 0 Å². The predicted octanol–water partition coefficient (Wildman–Crippen LogP) is 2.21. The maximum absolute atomic E-state index is 11.3. The minimum atomic E-state index is 0.113. The van der Waals surface area contributed by atoms with Gasteiger partial charge in [-0.15, -0.1) is 0 Å². The van der Waals surface area contributed by atoms with Gasteiger partial charge < -0.3 is 9.47 Å². The zero-order valence-corrected chi connectivity index (χ0v) is 10.3. The summed E-state index contributed by atoms with van der Waals surface area (Å²) >= 11 is 3.13. The number of rotatable bonds is 5. The molecule has 0 fully saturated rings. The van der Waals surface area contributed by atoms with Crippen molar-refractivity contribution >= 4 is 21.7 Å². The van der Waals surface area contributed by atoms with E-state index in [2.05, 4.69) is 15.9 Å². The molecule has 0 atom stereocenters. The summed E-state index contributed by atoms with van der Waals surface area (Å²) in [6.45, 7) is 0. The van der Waals surface area contributed by atoms with Crippen LogP contribution in [0.5, 0.6) is 11.5 Å². The van der Waals surface area contributed by atoms with Gasteiger partial charge in [-0.05, 0) is 18.2 Å². The number of methoxy groups -OCH3 is 2. The third kappa shape index (κ3) is 3.23. The highest BCUT2D eigenvalue weighted by Crippen LogP contribution is 2.24. The molecule has 0 radical (unpaired) electrons. The van der Waals surface area contributed by atoms with Crippen LogP contribution in [-0.4, -0.2) is 25.3 Å². The van der Waals surface area contributed by atoms with Crippen molar-refractivity contribution in [1.29, 1.82) is 0 Å². The Morgan fingerprint density at radius 1 is 1.33 bits per heavy atom. The van der Waals surface area contributed by atoms with Crippen LogP contribution in [0.2, 0.25) is 0 Å². The fraction of sp³-hybridized carbons (Fsp3) is 0.364. The second-order valence-electron chi connectivity index (χ2n) is 3.03. The molecule has 0 saturated heterocycles. The largest absolute Gasteiger partial charge is 0.497 e. The first-order chi connectivity index (χ1) is 7.21. The number of ether oxygens (including phenoxy) is 2. The molecule has 0 amide bonds. The van der Waals surface area contributed by atoms with E-state index in [0.717, 1.165) is 11.3 Å². The fourth-order valence-corrected chi connectivity index (χ4v) is 1.48. The highest BCUT2D eigenvalue weighted by atomic mass is 79.9. The van der Waals surface area contributed by atoms with Crippen LogP contribution in [0.15, 0.2) is 18.2 Å². The van der Waals surface area contributed by atoms with Gasteiger partial charge in [0.15, 0.2) is 0 Å². The molecule has 0 aliphatic heterocycles. The van der Waals surface area contributed by atoms with Crippen LogP contribution in [0.3, 0.4) is 0 Å². The van der Waals surface area contributed by atoms with Crippen molar-refractivity contribution in [2.24, 2.45) is 0 Å². The van der Waals surface area contributed by atoms with E-state index in [9.17, 15) is 4.79 Å². The summed E-state index contributed by atoms with van der Waals surface area (Å²) in [6, 6.07) is 5.43. The smallest absolute Gasteiger partial charge is 0.147 e. The van der Waals surface area contributed by atoms with Crippen LogP contribution in [0, 0.1) is 0 Å². The van der Waals surface area contributed by atoms with Crippen LogP contribution in [0.4, 0.5) is 0 Å². The highest BCUT2D eigenvalue weighted by Gasteiger charge is 2.08. The number of ketones is 1. The Labute approximate surface area is 97.5 Å². The molecule has 15 heavy (non-hydrogen) atoms. The second kappa shape index (κ2) is 5.75. The lowest BCUT2D eigenvalue weighted by Crippen LogP contribution is -2.05. The molecule has 1 rings (SSSR count). The Morgan fingerprint density at radius 2 is 2.07 bits per heavy atom. The van der Waals surface area contributed by atoms with E-state index >= 15 is 0 Å². The topological polar surface area (TPSA) is 35.5 Å². The van der Waals surface area contributed by atoms with E-state index in [0.29, 0.717) is 17.5 Å². The van der Waals surface area contributed by atoms with Crippen molar-refractivity contribution in [2.45, 2.75) is 6.42 Å². The first kappa shape index (κ1) is 12.0. The number of hydrogen-bond donors (Lipinski definition) is 0. The quantitative estimate of drug-likeness (QED) is 0.771. The number of carbonyl (C=O) groups excluding carboxylic acids is 1. The maximum Gasteiger partial charge on any atom is 0.147 e. The number of carbonyl (C=O) groups is 1. The van der Waals surface area contributed by atoms with Crippen molar-refractivity contribution in [3.05, 3.63) is 23.8 Å². The summed E-state index contributed by atoms with van der Waals surface area (Å²) in [7, 11) is 3.18. The summed E-state index contributed by atoms with van der Waals surface area (Å²) in [5.41, 5.74) is 0.848. The molecule has 3 nitrogen and oxygen atoms in total. The van der Waals surface area contributed by atoms with Gasteiger partial charge in [0.25, 0.3) is 0 Å². The normalized spacial score (nSPS) is 9.80. The summed E-state index contributed by atoms with van der Waals surface area (Å²) in [5.74, 6) is 1.56. The van der Waals surface area contributed by atoms with E-state index in [1.54, 1.807) is 26.4 Å². The fourth-order valence-electron chi connectivity index (χ4n) is 1.28. The zero-order chi connectivity index (χ0) is 11.3. The highest BCUT2D eigenvalue weighted by molar-refractivity contribution is 9.09. The van der Waals surface area contributed by atoms with E-state index in [1.165, 1.54) is 0 Å². The molecule has 4 heteroatoms. The van der Waals surface area contributed by atoms with Gasteiger partial charge >= 0.3 is 0 Å². The Bertz CT molecular complexity index is 350. The van der Waals surface area contributed by atoms with E-state index in [4.69, 9.17) is 9.47 Å². The molecule has 0 unspecified atom stereocenters. The van der Waals surface area contributed by atoms with Crippen LogP contribution in [0.1, 0.15) is 5.56 Å². The molecule has 0 aromatic heterocycles. The average molecular weight is 273 g/mol. The zero-order valence-electron chi connectivity index (χ0n) is 8.75. The predicted molar refractivity (Wildman–Crippen MR) is 62.1 cm³/mol. The number of Topliss-reactive ketones (excluding diaryl/α,β-unsaturated/α-hetero) is 1. The average Bonchev–Trinajstić information content (AvgIpc) is 2.28. The molecular formula is C11H13BrO3. The van der Waals surface area contributed by atoms with Crippen molar-refractivity contribution in [2.75, 3.05) is 19.5 Å². The molecule has 0 bridgehead atoms. The van der Waals surface area contributed by atoms with Crippen molar-refractivity contribution < 1.29 is 14.3 Å². The summed E-state index contributed by atoms with van der Waals surface area (Å²) in [5, 5.41) is 0.355. The van der Waals surface area contributed by atoms with Crippen LogP contribution in [-0.2, 0) is 11.2 Å². The summed E-state index contributed by atoms with van der Waals surface area (Å²) in [6.07, 6.45) is 0.353. The first-order valence-corrected chi connectivity index (χ1v) is 5.62. The Morgan fingerprint density at radius 3 is 2.60 bits per heavy atom. The van der Waals surface area contributed by atoms with Crippen molar-refractivity contribution in [3.63, 3.8) is 0 Å². The molecular weight excluding hydrogens is 260 g/mol. The molecule has 0 aliphatic rings. The molecule has 0 heterocycles. The molecule has 1 aromatic carbocycles. The van der Waals surface area contributed by atoms with E-state index in [1.807, 2.05) is 6.07 Å². The third-order valence-electron chi connectivity index (χ3n) is 2.02. The van der Waals surface area contributed by atoms with Gasteiger partial charge in [0.1, 0.15) is 17.3 Å². The molecule has 0 spiro atoms. The van der Waals surface area contributed by atoms with Crippen LogP contribution >= 0.6 is 15.9 Å². The minimum Gasteiger partial charge on any atom is -0.497 e. The van der Waals surface area contributed by atoms with Crippen LogP contribution < -0.4 is 9.47 Å². The molecule has 82 valence electrons. The number of halogens is 1. The third-order valence-corrected chi connectivity index (χ3v) is 2.65. The summed E-state index contributed by atoms with van der Waals surface area (Å²) in [4.78, 5) is 11.3. The van der Waals surface area contributed by atoms with Gasteiger partial charge in [0, 0.05) is 12.0 Å².